The molecule has 0 spiro atoms. The molecule has 1 heterocycles. The van der Waals surface area contributed by atoms with Gasteiger partial charge in [-0.05, 0) is 36.2 Å². The highest BCUT2D eigenvalue weighted by atomic mass is 19.1. The third kappa shape index (κ3) is 3.29. The van der Waals surface area contributed by atoms with E-state index in [9.17, 15) is 8.78 Å². The summed E-state index contributed by atoms with van der Waals surface area (Å²) >= 11 is 0. The number of nitrogens with two attached hydrogens (primary N) is 1. The lowest BCUT2D eigenvalue weighted by Gasteiger charge is -2.33. The van der Waals surface area contributed by atoms with Crippen molar-refractivity contribution in [3.05, 3.63) is 65.0 Å². The van der Waals surface area contributed by atoms with Gasteiger partial charge in [0.15, 0.2) is 6.17 Å². The Morgan fingerprint density at radius 2 is 2.08 bits per heavy atom. The van der Waals surface area contributed by atoms with Crippen molar-refractivity contribution < 1.29 is 18.3 Å². The van der Waals surface area contributed by atoms with Crippen molar-refractivity contribution in [1.29, 1.82) is 0 Å². The predicted molar refractivity (Wildman–Crippen MR) is 92.0 cm³/mol. The first kappa shape index (κ1) is 17.2. The van der Waals surface area contributed by atoms with E-state index in [1.807, 2.05) is 24.3 Å². The molecule has 2 N–H and O–H groups in total. The van der Waals surface area contributed by atoms with Gasteiger partial charge in [0, 0.05) is 12.0 Å². The van der Waals surface area contributed by atoms with E-state index in [-0.39, 0.29) is 18.2 Å². The molecule has 25 heavy (non-hydrogen) atoms. The minimum atomic E-state index is -1.49. The van der Waals surface area contributed by atoms with Gasteiger partial charge in [-0.3, -0.25) is 0 Å². The van der Waals surface area contributed by atoms with Crippen LogP contribution in [0.5, 0.6) is 5.75 Å². The first-order valence-corrected chi connectivity index (χ1v) is 7.97. The van der Waals surface area contributed by atoms with Gasteiger partial charge in [0.05, 0.1) is 7.11 Å². The smallest absolute Gasteiger partial charge is 0.283 e. The average Bonchev–Trinajstić information content (AvgIpc) is 2.60. The Labute approximate surface area is 145 Å². The molecule has 1 aliphatic heterocycles. The standard InChI is InChI=1S/C19H20F2N2O2/c1-19(17(21)11-25-18(22)23-19)14-10-12(7-8-15(14)20)9-13-5-3-4-6-16(13)24-2/h3-8,10,17H,9,11H2,1-2H3,(H2,22,23)/t17-,19+/m0/s1. The molecule has 2 aromatic carbocycles. The zero-order valence-corrected chi connectivity index (χ0v) is 14.1. The molecule has 0 aliphatic carbocycles. The molecule has 1 aliphatic rings. The number of halogens is 2. The van der Waals surface area contributed by atoms with Crippen LogP contribution in [-0.2, 0) is 16.7 Å². The van der Waals surface area contributed by atoms with Crippen LogP contribution in [0.3, 0.4) is 0 Å². The predicted octanol–water partition coefficient (Wildman–Crippen LogP) is 3.32. The molecule has 0 unspecified atom stereocenters. The molecule has 0 bridgehead atoms. The number of para-hydroxylation sites is 1. The molecule has 0 aromatic heterocycles. The third-order valence-electron chi connectivity index (χ3n) is 4.49. The minimum absolute atomic E-state index is 0.133. The Kier molecular flexibility index (Phi) is 4.61. The number of methoxy groups -OCH3 is 1. The van der Waals surface area contributed by atoms with Crippen LogP contribution >= 0.6 is 0 Å². The van der Waals surface area contributed by atoms with Crippen molar-refractivity contribution in [2.45, 2.75) is 25.1 Å². The summed E-state index contributed by atoms with van der Waals surface area (Å²) in [5.41, 5.74) is 6.12. The van der Waals surface area contributed by atoms with Gasteiger partial charge in [-0.2, -0.15) is 0 Å². The summed E-state index contributed by atoms with van der Waals surface area (Å²) in [6, 6.07) is 12.1. The van der Waals surface area contributed by atoms with Gasteiger partial charge in [0.25, 0.3) is 6.02 Å². The number of aliphatic imine (C=N–C) groups is 1. The zero-order chi connectivity index (χ0) is 18.0. The van der Waals surface area contributed by atoms with Crippen LogP contribution in [0.2, 0.25) is 0 Å². The molecule has 0 amide bonds. The second kappa shape index (κ2) is 6.70. The average molecular weight is 346 g/mol. The summed E-state index contributed by atoms with van der Waals surface area (Å²) in [6.45, 7) is 1.28. The van der Waals surface area contributed by atoms with Crippen LogP contribution in [0.25, 0.3) is 0 Å². The lowest BCUT2D eigenvalue weighted by molar-refractivity contribution is 0.0923. The normalized spacial score (nSPS) is 22.9. The largest absolute Gasteiger partial charge is 0.496 e. The molecule has 0 saturated heterocycles. The number of rotatable bonds is 4. The summed E-state index contributed by atoms with van der Waals surface area (Å²) in [4.78, 5) is 4.04. The molecular formula is C19H20F2N2O2. The third-order valence-corrected chi connectivity index (χ3v) is 4.49. The fraction of sp³-hybridized carbons (Fsp3) is 0.316. The van der Waals surface area contributed by atoms with Crippen LogP contribution in [0.1, 0.15) is 23.6 Å². The number of hydrogen-bond donors (Lipinski definition) is 1. The summed E-state index contributed by atoms with van der Waals surface area (Å²) < 4.78 is 39.2. The van der Waals surface area contributed by atoms with Crippen LogP contribution in [0.4, 0.5) is 8.78 Å². The SMILES string of the molecule is COc1ccccc1Cc1ccc(F)c([C@@]2(C)N=C(N)OC[C@@H]2F)c1. The van der Waals surface area contributed by atoms with Crippen molar-refractivity contribution in [2.24, 2.45) is 10.7 Å². The minimum Gasteiger partial charge on any atom is -0.496 e. The Bertz CT molecular complexity index is 810. The summed E-state index contributed by atoms with van der Waals surface area (Å²) in [5.74, 6) is 0.226. The molecule has 0 radical (unpaired) electrons. The highest BCUT2D eigenvalue weighted by Gasteiger charge is 2.42. The highest BCUT2D eigenvalue weighted by Crippen LogP contribution is 2.36. The lowest BCUT2D eigenvalue weighted by Crippen LogP contribution is -2.43. The van der Waals surface area contributed by atoms with Gasteiger partial charge in [-0.1, -0.05) is 24.3 Å². The fourth-order valence-electron chi connectivity index (χ4n) is 3.02. The molecule has 3 rings (SSSR count). The van der Waals surface area contributed by atoms with Crippen molar-refractivity contribution >= 4 is 6.02 Å². The van der Waals surface area contributed by atoms with Gasteiger partial charge in [0.1, 0.15) is 23.7 Å². The number of alkyl halides is 1. The van der Waals surface area contributed by atoms with E-state index < -0.39 is 17.5 Å². The quantitative estimate of drug-likeness (QED) is 0.924. The van der Waals surface area contributed by atoms with E-state index in [1.54, 1.807) is 19.2 Å². The van der Waals surface area contributed by atoms with Crippen molar-refractivity contribution in [3.63, 3.8) is 0 Å². The first-order valence-electron chi connectivity index (χ1n) is 7.97. The maximum absolute atomic E-state index is 14.5. The van der Waals surface area contributed by atoms with Gasteiger partial charge >= 0.3 is 0 Å². The molecule has 2 atom stereocenters. The number of benzene rings is 2. The Hall–Kier alpha value is -2.63. The Morgan fingerprint density at radius 1 is 1.32 bits per heavy atom. The number of amidine groups is 1. The van der Waals surface area contributed by atoms with Gasteiger partial charge in [0.2, 0.25) is 0 Å². The van der Waals surface area contributed by atoms with Crippen LogP contribution in [0.15, 0.2) is 47.5 Å². The first-order chi connectivity index (χ1) is 11.9. The maximum atomic E-state index is 14.5. The van der Waals surface area contributed by atoms with Crippen molar-refractivity contribution in [1.82, 2.24) is 0 Å². The molecule has 0 saturated carbocycles. The summed E-state index contributed by atoms with van der Waals surface area (Å²) in [7, 11) is 1.60. The number of hydrogen-bond acceptors (Lipinski definition) is 4. The molecule has 2 aromatic rings. The van der Waals surface area contributed by atoms with E-state index in [4.69, 9.17) is 15.2 Å². The monoisotopic (exact) mass is 346 g/mol. The highest BCUT2D eigenvalue weighted by molar-refractivity contribution is 5.73. The van der Waals surface area contributed by atoms with Crippen molar-refractivity contribution in [3.8, 4) is 5.75 Å². The van der Waals surface area contributed by atoms with Crippen LogP contribution < -0.4 is 10.5 Å². The Morgan fingerprint density at radius 3 is 2.84 bits per heavy atom. The van der Waals surface area contributed by atoms with E-state index in [0.717, 1.165) is 16.9 Å². The van der Waals surface area contributed by atoms with Crippen LogP contribution in [0, 0.1) is 5.82 Å². The van der Waals surface area contributed by atoms with Gasteiger partial charge < -0.3 is 15.2 Å². The Balaban J connectivity index is 2.00. The number of ether oxygens (including phenoxy) is 2. The molecule has 4 nitrogen and oxygen atoms in total. The van der Waals surface area contributed by atoms with E-state index >= 15 is 0 Å². The number of nitrogens with zero attached hydrogens (tertiary/aromatic N) is 1. The second-order valence-electron chi connectivity index (χ2n) is 6.18. The van der Waals surface area contributed by atoms with E-state index in [1.165, 1.54) is 13.0 Å². The van der Waals surface area contributed by atoms with Crippen molar-refractivity contribution in [2.75, 3.05) is 13.7 Å². The molecule has 132 valence electrons. The molecule has 6 heteroatoms. The van der Waals surface area contributed by atoms with Gasteiger partial charge in [-0.15, -0.1) is 0 Å². The van der Waals surface area contributed by atoms with E-state index in [0.29, 0.717) is 6.42 Å². The molecular weight excluding hydrogens is 326 g/mol. The summed E-state index contributed by atoms with van der Waals surface area (Å²) in [5, 5.41) is 0. The van der Waals surface area contributed by atoms with E-state index in [2.05, 4.69) is 4.99 Å². The maximum Gasteiger partial charge on any atom is 0.283 e. The lowest BCUT2D eigenvalue weighted by atomic mass is 9.85. The van der Waals surface area contributed by atoms with Crippen LogP contribution in [-0.4, -0.2) is 25.9 Å². The molecule has 0 fully saturated rings. The topological polar surface area (TPSA) is 56.8 Å². The van der Waals surface area contributed by atoms with Gasteiger partial charge in [-0.25, -0.2) is 13.8 Å². The second-order valence-corrected chi connectivity index (χ2v) is 6.18. The fourth-order valence-corrected chi connectivity index (χ4v) is 3.02. The zero-order valence-electron chi connectivity index (χ0n) is 14.1. The summed E-state index contributed by atoms with van der Waals surface area (Å²) in [6.07, 6.45) is -0.962.